The molecule has 0 radical (unpaired) electrons. The first-order valence-electron chi connectivity index (χ1n) is 7.46. The molecular formula is C16H14N6. The Balaban J connectivity index is 1.63. The molecule has 0 aromatic carbocycles. The van der Waals surface area contributed by atoms with Crippen molar-refractivity contribution in [2.45, 2.75) is 25.7 Å². The molecule has 0 N–H and O–H groups in total. The lowest BCUT2D eigenvalue weighted by Crippen LogP contribution is -1.97. The maximum absolute atomic E-state index is 4.68. The fourth-order valence-electron chi connectivity index (χ4n) is 2.78. The van der Waals surface area contributed by atoms with Crippen molar-refractivity contribution < 1.29 is 0 Å². The second-order valence-electron chi connectivity index (χ2n) is 5.85. The van der Waals surface area contributed by atoms with Gasteiger partial charge in [0.25, 0.3) is 0 Å². The maximum atomic E-state index is 4.68. The van der Waals surface area contributed by atoms with Gasteiger partial charge in [0.1, 0.15) is 11.5 Å². The average molecular weight is 290 g/mol. The quantitative estimate of drug-likeness (QED) is 0.569. The molecule has 108 valence electrons. The molecule has 1 aliphatic carbocycles. The summed E-state index contributed by atoms with van der Waals surface area (Å²) in [6.07, 6.45) is 6.74. The van der Waals surface area contributed by atoms with E-state index in [1.807, 2.05) is 25.1 Å². The third-order valence-corrected chi connectivity index (χ3v) is 4.07. The van der Waals surface area contributed by atoms with E-state index in [0.717, 1.165) is 28.4 Å². The van der Waals surface area contributed by atoms with E-state index in [0.29, 0.717) is 5.92 Å². The summed E-state index contributed by atoms with van der Waals surface area (Å²) in [6.45, 7) is 1.87. The molecule has 0 unspecified atom stereocenters. The van der Waals surface area contributed by atoms with Crippen LogP contribution in [0.2, 0.25) is 0 Å². The molecule has 1 aliphatic rings. The Labute approximate surface area is 126 Å². The van der Waals surface area contributed by atoms with Crippen LogP contribution >= 0.6 is 0 Å². The molecule has 1 fully saturated rings. The molecule has 4 aromatic heterocycles. The Kier molecular flexibility index (Phi) is 2.22. The lowest BCUT2D eigenvalue weighted by Gasteiger charge is -2.01. The van der Waals surface area contributed by atoms with Crippen LogP contribution in [0.1, 0.15) is 30.3 Å². The Morgan fingerprint density at radius 2 is 1.82 bits per heavy atom. The second kappa shape index (κ2) is 4.13. The molecule has 6 nitrogen and oxygen atoms in total. The number of aromatic nitrogens is 6. The van der Waals surface area contributed by atoms with Crippen molar-refractivity contribution in [3.05, 3.63) is 48.2 Å². The van der Waals surface area contributed by atoms with E-state index in [-0.39, 0.29) is 0 Å². The number of fused-ring (bicyclic) bond motifs is 2. The highest BCUT2D eigenvalue weighted by molar-refractivity contribution is 5.62. The summed E-state index contributed by atoms with van der Waals surface area (Å²) < 4.78 is 3.67. The first kappa shape index (κ1) is 11.9. The topological polar surface area (TPSA) is 60.4 Å². The van der Waals surface area contributed by atoms with Crippen molar-refractivity contribution >= 4 is 11.3 Å². The van der Waals surface area contributed by atoms with Crippen LogP contribution in [0.3, 0.4) is 0 Å². The van der Waals surface area contributed by atoms with E-state index < -0.39 is 0 Å². The Hall–Kier alpha value is -2.76. The molecule has 1 saturated carbocycles. The monoisotopic (exact) mass is 290 g/mol. The van der Waals surface area contributed by atoms with Gasteiger partial charge in [-0.05, 0) is 44.0 Å². The van der Waals surface area contributed by atoms with Gasteiger partial charge in [-0.1, -0.05) is 0 Å². The van der Waals surface area contributed by atoms with Gasteiger partial charge < -0.3 is 4.40 Å². The lowest BCUT2D eigenvalue weighted by atomic mass is 10.2. The van der Waals surface area contributed by atoms with Crippen molar-refractivity contribution in [2.75, 3.05) is 0 Å². The van der Waals surface area contributed by atoms with E-state index in [4.69, 9.17) is 0 Å². The predicted molar refractivity (Wildman–Crippen MR) is 81.7 cm³/mol. The number of imidazole rings is 1. The van der Waals surface area contributed by atoms with E-state index in [1.165, 1.54) is 18.5 Å². The van der Waals surface area contributed by atoms with Crippen LogP contribution in [0, 0.1) is 6.92 Å². The number of pyridine rings is 1. The molecule has 0 spiro atoms. The van der Waals surface area contributed by atoms with Crippen molar-refractivity contribution in [3.63, 3.8) is 0 Å². The van der Waals surface area contributed by atoms with Crippen molar-refractivity contribution in [1.82, 2.24) is 29.2 Å². The van der Waals surface area contributed by atoms with Crippen LogP contribution in [0.5, 0.6) is 0 Å². The highest BCUT2D eigenvalue weighted by Gasteiger charge is 2.26. The summed E-state index contributed by atoms with van der Waals surface area (Å²) in [7, 11) is 0. The zero-order valence-electron chi connectivity index (χ0n) is 12.1. The second-order valence-corrected chi connectivity index (χ2v) is 5.85. The zero-order chi connectivity index (χ0) is 14.7. The summed E-state index contributed by atoms with van der Waals surface area (Å²) in [5.41, 5.74) is 4.88. The van der Waals surface area contributed by atoms with E-state index in [9.17, 15) is 0 Å². The highest BCUT2D eigenvalue weighted by atomic mass is 15.4. The molecule has 0 aliphatic heterocycles. The maximum Gasteiger partial charge on any atom is 0.176 e. The minimum Gasteiger partial charge on any atom is -0.306 e. The summed E-state index contributed by atoms with van der Waals surface area (Å²) >= 11 is 0. The van der Waals surface area contributed by atoms with E-state index >= 15 is 0 Å². The average Bonchev–Trinajstić information content (AvgIpc) is 3.17. The summed E-state index contributed by atoms with van der Waals surface area (Å²) in [4.78, 5) is 8.98. The van der Waals surface area contributed by atoms with Gasteiger partial charge >= 0.3 is 0 Å². The first-order chi connectivity index (χ1) is 10.8. The lowest BCUT2D eigenvalue weighted by molar-refractivity contribution is 0.792. The molecule has 0 bridgehead atoms. The summed E-state index contributed by atoms with van der Waals surface area (Å²) in [5.74, 6) is 1.39. The highest BCUT2D eigenvalue weighted by Crippen LogP contribution is 2.39. The number of nitrogens with zero attached hydrogens (tertiary/aromatic N) is 6. The molecule has 5 rings (SSSR count). The van der Waals surface area contributed by atoms with Crippen LogP contribution in [-0.4, -0.2) is 29.2 Å². The van der Waals surface area contributed by atoms with Crippen molar-refractivity contribution in [3.8, 4) is 11.3 Å². The van der Waals surface area contributed by atoms with Gasteiger partial charge in [-0.25, -0.2) is 9.97 Å². The molecule has 22 heavy (non-hydrogen) atoms. The van der Waals surface area contributed by atoms with Gasteiger partial charge in [0.15, 0.2) is 5.65 Å². The van der Waals surface area contributed by atoms with Gasteiger partial charge in [0.05, 0.1) is 11.4 Å². The molecule has 0 amide bonds. The number of hydrogen-bond acceptors (Lipinski definition) is 4. The van der Waals surface area contributed by atoms with Gasteiger partial charge in [-0.15, -0.1) is 14.8 Å². The van der Waals surface area contributed by atoms with Gasteiger partial charge in [0, 0.05) is 23.9 Å². The number of rotatable bonds is 2. The smallest absolute Gasteiger partial charge is 0.176 e. The minimum atomic E-state index is 0.663. The summed E-state index contributed by atoms with van der Waals surface area (Å²) in [5, 5.41) is 8.81. The largest absolute Gasteiger partial charge is 0.306 e. The van der Waals surface area contributed by atoms with E-state index in [2.05, 4.69) is 43.0 Å². The fourth-order valence-corrected chi connectivity index (χ4v) is 2.78. The van der Waals surface area contributed by atoms with Crippen LogP contribution in [0.25, 0.3) is 22.6 Å². The SMILES string of the molecule is Cc1nc2ccc(-c3ccc4nc(C5CC5)cn4c3)nn2n1. The first-order valence-corrected chi connectivity index (χ1v) is 7.46. The normalized spacial score (nSPS) is 15.0. The minimum absolute atomic E-state index is 0.663. The molecule has 6 heteroatoms. The molecule has 0 saturated heterocycles. The number of hydrogen-bond donors (Lipinski definition) is 0. The van der Waals surface area contributed by atoms with Crippen LogP contribution in [0.4, 0.5) is 0 Å². The standard InChI is InChI=1S/C16H14N6/c1-10-17-16-7-5-13(20-22(16)19-10)12-4-6-15-18-14(11-2-3-11)9-21(15)8-12/h4-9,11H,2-3H2,1H3. The van der Waals surface area contributed by atoms with Crippen molar-refractivity contribution in [2.24, 2.45) is 0 Å². The third kappa shape index (κ3) is 1.80. The molecule has 4 aromatic rings. The van der Waals surface area contributed by atoms with Crippen LogP contribution in [0.15, 0.2) is 36.7 Å². The Morgan fingerprint density at radius 1 is 0.955 bits per heavy atom. The Bertz CT molecular complexity index is 1010. The molecule has 0 atom stereocenters. The van der Waals surface area contributed by atoms with Crippen molar-refractivity contribution in [1.29, 1.82) is 0 Å². The molecule has 4 heterocycles. The molecular weight excluding hydrogens is 276 g/mol. The van der Waals surface area contributed by atoms with Gasteiger partial charge in [-0.2, -0.15) is 0 Å². The van der Waals surface area contributed by atoms with Gasteiger partial charge in [-0.3, -0.25) is 0 Å². The van der Waals surface area contributed by atoms with Gasteiger partial charge in [0.2, 0.25) is 0 Å². The zero-order valence-corrected chi connectivity index (χ0v) is 12.1. The van der Waals surface area contributed by atoms with Crippen LogP contribution in [-0.2, 0) is 0 Å². The number of aryl methyl sites for hydroxylation is 1. The Morgan fingerprint density at radius 3 is 2.68 bits per heavy atom. The third-order valence-electron chi connectivity index (χ3n) is 4.07. The van der Waals surface area contributed by atoms with E-state index in [1.54, 1.807) is 4.63 Å². The van der Waals surface area contributed by atoms with Crippen LogP contribution < -0.4 is 0 Å². The fraction of sp³-hybridized carbons (Fsp3) is 0.250. The summed E-state index contributed by atoms with van der Waals surface area (Å²) in [6, 6.07) is 8.01. The predicted octanol–water partition coefficient (Wildman–Crippen LogP) is 2.62.